The zero-order valence-electron chi connectivity index (χ0n) is 5.55. The minimum atomic E-state index is 0.473. The highest BCUT2D eigenvalue weighted by atomic mass is 16.5. The van der Waals surface area contributed by atoms with E-state index in [1.54, 1.807) is 0 Å². The van der Waals surface area contributed by atoms with Crippen LogP contribution in [0.2, 0.25) is 0 Å². The van der Waals surface area contributed by atoms with Crippen LogP contribution in [0.5, 0.6) is 0 Å². The number of hydrogen-bond donors (Lipinski definition) is 2. The SMILES string of the molecule is NCc1noc2c1CNC2. The molecule has 1 aliphatic heterocycles. The Balaban J connectivity index is 2.44. The molecule has 10 heavy (non-hydrogen) atoms. The van der Waals surface area contributed by atoms with E-state index in [1.165, 1.54) is 0 Å². The summed E-state index contributed by atoms with van der Waals surface area (Å²) < 4.78 is 5.01. The molecule has 1 aromatic heterocycles. The standard InChI is InChI=1S/C6H9N3O/c7-1-5-4-2-8-3-6(4)10-9-5/h8H,1-3,7H2. The molecule has 1 aromatic rings. The van der Waals surface area contributed by atoms with Gasteiger partial charge in [0.25, 0.3) is 0 Å². The van der Waals surface area contributed by atoms with Crippen LogP contribution in [0.4, 0.5) is 0 Å². The average molecular weight is 139 g/mol. The lowest BCUT2D eigenvalue weighted by atomic mass is 10.2. The fraction of sp³-hybridized carbons (Fsp3) is 0.500. The average Bonchev–Trinajstić information content (AvgIpc) is 2.44. The summed E-state index contributed by atoms with van der Waals surface area (Å²) >= 11 is 0. The lowest BCUT2D eigenvalue weighted by Crippen LogP contribution is -2.05. The van der Waals surface area contributed by atoms with Crippen molar-refractivity contribution in [1.29, 1.82) is 0 Å². The smallest absolute Gasteiger partial charge is 0.155 e. The predicted octanol–water partition coefficient (Wildman–Crippen LogP) is -0.264. The molecule has 0 radical (unpaired) electrons. The number of fused-ring (bicyclic) bond motifs is 1. The Morgan fingerprint density at radius 2 is 2.50 bits per heavy atom. The highest BCUT2D eigenvalue weighted by molar-refractivity contribution is 5.25. The summed E-state index contributed by atoms with van der Waals surface area (Å²) in [5.74, 6) is 0.945. The van der Waals surface area contributed by atoms with Gasteiger partial charge in [0.1, 0.15) is 5.69 Å². The quantitative estimate of drug-likeness (QED) is 0.562. The molecule has 2 heterocycles. The first-order valence-electron chi connectivity index (χ1n) is 3.29. The fourth-order valence-corrected chi connectivity index (χ4v) is 1.18. The van der Waals surface area contributed by atoms with Crippen LogP contribution < -0.4 is 11.1 Å². The second-order valence-corrected chi connectivity index (χ2v) is 2.34. The monoisotopic (exact) mass is 139 g/mol. The molecule has 0 bridgehead atoms. The van der Waals surface area contributed by atoms with E-state index >= 15 is 0 Å². The molecule has 0 unspecified atom stereocenters. The van der Waals surface area contributed by atoms with E-state index in [0.29, 0.717) is 6.54 Å². The largest absolute Gasteiger partial charge is 0.359 e. The van der Waals surface area contributed by atoms with Crippen LogP contribution in [0, 0.1) is 0 Å². The molecule has 3 N–H and O–H groups in total. The maximum atomic E-state index is 5.42. The second kappa shape index (κ2) is 2.07. The number of rotatable bonds is 1. The van der Waals surface area contributed by atoms with Gasteiger partial charge in [0.15, 0.2) is 5.76 Å². The van der Waals surface area contributed by atoms with Gasteiger partial charge in [-0.1, -0.05) is 5.16 Å². The van der Waals surface area contributed by atoms with Gasteiger partial charge in [0.05, 0.1) is 6.54 Å². The third-order valence-electron chi connectivity index (χ3n) is 1.73. The minimum Gasteiger partial charge on any atom is -0.359 e. The van der Waals surface area contributed by atoms with E-state index in [0.717, 1.165) is 30.1 Å². The fourth-order valence-electron chi connectivity index (χ4n) is 1.18. The van der Waals surface area contributed by atoms with Crippen molar-refractivity contribution >= 4 is 0 Å². The summed E-state index contributed by atoms with van der Waals surface area (Å²) in [5, 5.41) is 6.97. The van der Waals surface area contributed by atoms with Gasteiger partial charge in [0.2, 0.25) is 0 Å². The van der Waals surface area contributed by atoms with E-state index in [-0.39, 0.29) is 0 Å². The van der Waals surface area contributed by atoms with Gasteiger partial charge in [-0.15, -0.1) is 0 Å². The summed E-state index contributed by atoms with van der Waals surface area (Å²) in [5.41, 5.74) is 7.46. The summed E-state index contributed by atoms with van der Waals surface area (Å²) in [6, 6.07) is 0. The normalized spacial score (nSPS) is 15.7. The molecule has 0 aliphatic carbocycles. The molecule has 0 saturated carbocycles. The molecule has 1 aliphatic rings. The molecule has 0 spiro atoms. The highest BCUT2D eigenvalue weighted by Gasteiger charge is 2.18. The van der Waals surface area contributed by atoms with Crippen LogP contribution in [0.15, 0.2) is 4.52 Å². The molecule has 54 valence electrons. The molecule has 0 fully saturated rings. The van der Waals surface area contributed by atoms with Crippen LogP contribution in [-0.2, 0) is 19.6 Å². The van der Waals surface area contributed by atoms with Crippen molar-refractivity contribution in [1.82, 2.24) is 10.5 Å². The van der Waals surface area contributed by atoms with Crippen LogP contribution in [0.1, 0.15) is 17.0 Å². The molecule has 4 nitrogen and oxygen atoms in total. The van der Waals surface area contributed by atoms with Gasteiger partial charge in [-0.3, -0.25) is 0 Å². The zero-order chi connectivity index (χ0) is 6.97. The topological polar surface area (TPSA) is 64.1 Å². The summed E-state index contributed by atoms with van der Waals surface area (Å²) in [7, 11) is 0. The van der Waals surface area contributed by atoms with Gasteiger partial charge >= 0.3 is 0 Å². The molecule has 0 aromatic carbocycles. The number of nitrogens with zero attached hydrogens (tertiary/aromatic N) is 1. The van der Waals surface area contributed by atoms with E-state index in [1.807, 2.05) is 0 Å². The number of nitrogens with two attached hydrogens (primary N) is 1. The second-order valence-electron chi connectivity index (χ2n) is 2.34. The summed E-state index contributed by atoms with van der Waals surface area (Å²) in [6.45, 7) is 2.12. The van der Waals surface area contributed by atoms with E-state index in [9.17, 15) is 0 Å². The van der Waals surface area contributed by atoms with Crippen molar-refractivity contribution in [3.8, 4) is 0 Å². The van der Waals surface area contributed by atoms with Crippen LogP contribution in [-0.4, -0.2) is 5.16 Å². The highest BCUT2D eigenvalue weighted by Crippen LogP contribution is 2.18. The lowest BCUT2D eigenvalue weighted by molar-refractivity contribution is 0.375. The molecule has 0 saturated heterocycles. The van der Waals surface area contributed by atoms with Crippen molar-refractivity contribution in [3.05, 3.63) is 17.0 Å². The van der Waals surface area contributed by atoms with Gasteiger partial charge in [-0.2, -0.15) is 0 Å². The van der Waals surface area contributed by atoms with Crippen molar-refractivity contribution in [2.75, 3.05) is 0 Å². The lowest BCUT2D eigenvalue weighted by Gasteiger charge is -1.89. The van der Waals surface area contributed by atoms with Crippen LogP contribution in [0.3, 0.4) is 0 Å². The Hall–Kier alpha value is -0.870. The van der Waals surface area contributed by atoms with E-state index < -0.39 is 0 Å². The number of aromatic nitrogens is 1. The third-order valence-corrected chi connectivity index (χ3v) is 1.73. The first kappa shape index (κ1) is 5.88. The molecule has 2 rings (SSSR count). The molecule has 4 heteroatoms. The first-order chi connectivity index (χ1) is 4.92. The van der Waals surface area contributed by atoms with Gasteiger partial charge in [-0.05, 0) is 0 Å². The van der Waals surface area contributed by atoms with Crippen molar-refractivity contribution in [2.45, 2.75) is 19.6 Å². The Labute approximate surface area is 58.4 Å². The number of nitrogens with one attached hydrogen (secondary N) is 1. The zero-order valence-corrected chi connectivity index (χ0v) is 5.55. The summed E-state index contributed by atoms with van der Waals surface area (Å²) in [6.07, 6.45) is 0. The predicted molar refractivity (Wildman–Crippen MR) is 34.9 cm³/mol. The Morgan fingerprint density at radius 3 is 3.30 bits per heavy atom. The third kappa shape index (κ3) is 0.661. The maximum absolute atomic E-state index is 5.42. The van der Waals surface area contributed by atoms with Crippen LogP contribution >= 0.6 is 0 Å². The molecule has 0 atom stereocenters. The van der Waals surface area contributed by atoms with Crippen molar-refractivity contribution in [2.24, 2.45) is 5.73 Å². The molecular formula is C6H9N3O. The van der Waals surface area contributed by atoms with E-state index in [2.05, 4.69) is 10.5 Å². The number of hydrogen-bond acceptors (Lipinski definition) is 4. The van der Waals surface area contributed by atoms with Gasteiger partial charge < -0.3 is 15.6 Å². The van der Waals surface area contributed by atoms with Crippen molar-refractivity contribution < 1.29 is 4.52 Å². The van der Waals surface area contributed by atoms with Gasteiger partial charge in [-0.25, -0.2) is 0 Å². The Kier molecular flexibility index (Phi) is 1.22. The summed E-state index contributed by atoms with van der Waals surface area (Å²) in [4.78, 5) is 0. The first-order valence-corrected chi connectivity index (χ1v) is 3.29. The van der Waals surface area contributed by atoms with Crippen molar-refractivity contribution in [3.63, 3.8) is 0 Å². The Bertz CT molecular complexity index is 243. The van der Waals surface area contributed by atoms with Crippen LogP contribution in [0.25, 0.3) is 0 Å². The van der Waals surface area contributed by atoms with Gasteiger partial charge in [0, 0.05) is 18.7 Å². The minimum absolute atomic E-state index is 0.473. The Morgan fingerprint density at radius 1 is 1.60 bits per heavy atom. The molecular weight excluding hydrogens is 130 g/mol. The van der Waals surface area contributed by atoms with E-state index in [4.69, 9.17) is 10.3 Å². The maximum Gasteiger partial charge on any atom is 0.155 e. The molecule has 0 amide bonds.